The summed E-state index contributed by atoms with van der Waals surface area (Å²) in [6.07, 6.45) is 0.726. The van der Waals surface area contributed by atoms with Crippen LogP contribution in [0.5, 0.6) is 0 Å². The number of rotatable bonds is 5. The van der Waals surface area contributed by atoms with Crippen LogP contribution in [0.4, 0.5) is 4.39 Å². The molecule has 0 aromatic heterocycles. The number of ether oxygens (including phenoxy) is 1. The zero-order chi connectivity index (χ0) is 12.3. The second-order valence-electron chi connectivity index (χ2n) is 5.38. The van der Waals surface area contributed by atoms with Crippen molar-refractivity contribution in [2.45, 2.75) is 26.3 Å². The van der Waals surface area contributed by atoms with Crippen molar-refractivity contribution in [2.24, 2.45) is 5.41 Å². The zero-order valence-corrected chi connectivity index (χ0v) is 10.5. The molecule has 1 aliphatic heterocycles. The Labute approximate surface area is 102 Å². The molecule has 1 unspecified atom stereocenters. The summed E-state index contributed by atoms with van der Waals surface area (Å²) < 4.78 is 18.7. The highest BCUT2D eigenvalue weighted by Crippen LogP contribution is 2.25. The minimum Gasteiger partial charge on any atom is -0.380 e. The maximum absolute atomic E-state index is 13.5. The molecule has 0 saturated carbocycles. The van der Waals surface area contributed by atoms with E-state index in [4.69, 9.17) is 4.74 Å². The van der Waals surface area contributed by atoms with Crippen molar-refractivity contribution >= 4 is 0 Å². The van der Waals surface area contributed by atoms with E-state index in [1.807, 2.05) is 12.1 Å². The molecule has 0 aliphatic carbocycles. The standard InChI is InChI=1S/C14H20FNO/c1-11(16-8-14(2)9-17-10-14)7-12-5-3-4-6-13(12)15/h3-6,11,16H,7-10H2,1-2H3. The molecule has 94 valence electrons. The Morgan fingerprint density at radius 3 is 2.71 bits per heavy atom. The van der Waals surface area contributed by atoms with Crippen molar-refractivity contribution in [3.63, 3.8) is 0 Å². The second kappa shape index (κ2) is 5.15. The van der Waals surface area contributed by atoms with Gasteiger partial charge in [-0.1, -0.05) is 25.1 Å². The van der Waals surface area contributed by atoms with Crippen molar-refractivity contribution in [1.82, 2.24) is 5.32 Å². The van der Waals surface area contributed by atoms with Gasteiger partial charge in [-0.2, -0.15) is 0 Å². The van der Waals surface area contributed by atoms with E-state index >= 15 is 0 Å². The van der Waals surface area contributed by atoms with E-state index in [0.29, 0.717) is 0 Å². The Hall–Kier alpha value is -0.930. The monoisotopic (exact) mass is 237 g/mol. The molecule has 1 aromatic carbocycles. The Kier molecular flexibility index (Phi) is 3.79. The Morgan fingerprint density at radius 1 is 1.41 bits per heavy atom. The van der Waals surface area contributed by atoms with Crippen LogP contribution in [0.2, 0.25) is 0 Å². The van der Waals surface area contributed by atoms with Gasteiger partial charge in [0.05, 0.1) is 13.2 Å². The van der Waals surface area contributed by atoms with Crippen LogP contribution in [0.25, 0.3) is 0 Å². The zero-order valence-electron chi connectivity index (χ0n) is 10.5. The van der Waals surface area contributed by atoms with E-state index < -0.39 is 0 Å². The van der Waals surface area contributed by atoms with E-state index in [1.165, 1.54) is 6.07 Å². The SMILES string of the molecule is CC(Cc1ccccc1F)NCC1(C)COC1. The third kappa shape index (κ3) is 3.27. The van der Waals surface area contributed by atoms with E-state index in [0.717, 1.165) is 31.7 Å². The molecule has 1 N–H and O–H groups in total. The lowest BCUT2D eigenvalue weighted by Crippen LogP contribution is -2.49. The largest absolute Gasteiger partial charge is 0.380 e. The first-order valence-corrected chi connectivity index (χ1v) is 6.14. The lowest BCUT2D eigenvalue weighted by atomic mass is 9.88. The Bertz CT molecular complexity index is 376. The summed E-state index contributed by atoms with van der Waals surface area (Å²) in [7, 11) is 0. The van der Waals surface area contributed by atoms with Gasteiger partial charge in [-0.05, 0) is 25.0 Å². The second-order valence-corrected chi connectivity index (χ2v) is 5.38. The first kappa shape index (κ1) is 12.5. The van der Waals surface area contributed by atoms with Crippen LogP contribution in [-0.2, 0) is 11.2 Å². The quantitative estimate of drug-likeness (QED) is 0.849. The molecular formula is C14H20FNO. The van der Waals surface area contributed by atoms with Gasteiger partial charge in [-0.3, -0.25) is 0 Å². The molecule has 2 nitrogen and oxygen atoms in total. The summed E-state index contributed by atoms with van der Waals surface area (Å²) in [4.78, 5) is 0. The van der Waals surface area contributed by atoms with Gasteiger partial charge in [0.1, 0.15) is 5.82 Å². The van der Waals surface area contributed by atoms with E-state index in [2.05, 4.69) is 19.2 Å². The molecule has 2 rings (SSSR count). The fraction of sp³-hybridized carbons (Fsp3) is 0.571. The van der Waals surface area contributed by atoms with Crippen LogP contribution in [0.15, 0.2) is 24.3 Å². The highest BCUT2D eigenvalue weighted by Gasteiger charge is 2.33. The minimum atomic E-state index is -0.112. The average Bonchev–Trinajstić information content (AvgIpc) is 2.27. The van der Waals surface area contributed by atoms with Crippen molar-refractivity contribution in [2.75, 3.05) is 19.8 Å². The highest BCUT2D eigenvalue weighted by atomic mass is 19.1. The number of benzene rings is 1. The summed E-state index contributed by atoms with van der Waals surface area (Å²) >= 11 is 0. The first-order valence-electron chi connectivity index (χ1n) is 6.14. The molecule has 1 fully saturated rings. The molecule has 0 bridgehead atoms. The van der Waals surface area contributed by atoms with Crippen LogP contribution in [0, 0.1) is 11.2 Å². The van der Waals surface area contributed by atoms with Gasteiger partial charge in [-0.15, -0.1) is 0 Å². The van der Waals surface area contributed by atoms with Gasteiger partial charge in [0, 0.05) is 18.0 Å². The lowest BCUT2D eigenvalue weighted by molar-refractivity contribution is -0.0998. The van der Waals surface area contributed by atoms with Gasteiger partial charge in [0.25, 0.3) is 0 Å². The van der Waals surface area contributed by atoms with E-state index in [9.17, 15) is 4.39 Å². The van der Waals surface area contributed by atoms with Crippen LogP contribution in [0.1, 0.15) is 19.4 Å². The van der Waals surface area contributed by atoms with Crippen molar-refractivity contribution in [3.05, 3.63) is 35.6 Å². The van der Waals surface area contributed by atoms with Crippen molar-refractivity contribution in [1.29, 1.82) is 0 Å². The maximum Gasteiger partial charge on any atom is 0.126 e. The Balaban J connectivity index is 1.81. The number of nitrogens with one attached hydrogen (secondary N) is 1. The molecule has 0 spiro atoms. The molecule has 1 heterocycles. The topological polar surface area (TPSA) is 21.3 Å². The van der Waals surface area contributed by atoms with Gasteiger partial charge >= 0.3 is 0 Å². The summed E-state index contributed by atoms with van der Waals surface area (Å²) in [6, 6.07) is 7.25. The van der Waals surface area contributed by atoms with Crippen molar-refractivity contribution < 1.29 is 9.13 Å². The average molecular weight is 237 g/mol. The third-order valence-electron chi connectivity index (χ3n) is 3.26. The maximum atomic E-state index is 13.5. The Morgan fingerprint density at radius 2 is 2.12 bits per heavy atom. The number of halogens is 1. The highest BCUT2D eigenvalue weighted by molar-refractivity contribution is 5.18. The van der Waals surface area contributed by atoms with Gasteiger partial charge in [0.15, 0.2) is 0 Å². The molecule has 3 heteroatoms. The fourth-order valence-electron chi connectivity index (χ4n) is 2.04. The number of hydrogen-bond acceptors (Lipinski definition) is 2. The fourth-order valence-corrected chi connectivity index (χ4v) is 2.04. The minimum absolute atomic E-state index is 0.112. The summed E-state index contributed by atoms with van der Waals surface area (Å²) in [6.45, 7) is 6.89. The summed E-state index contributed by atoms with van der Waals surface area (Å²) in [5.41, 5.74) is 1.05. The van der Waals surface area contributed by atoms with E-state index in [-0.39, 0.29) is 17.3 Å². The summed E-state index contributed by atoms with van der Waals surface area (Å²) in [5, 5.41) is 3.45. The summed E-state index contributed by atoms with van der Waals surface area (Å²) in [5.74, 6) is -0.112. The molecule has 0 amide bonds. The predicted molar refractivity (Wildman–Crippen MR) is 66.5 cm³/mol. The van der Waals surface area contributed by atoms with Gasteiger partial charge < -0.3 is 10.1 Å². The first-order chi connectivity index (χ1) is 8.09. The molecule has 1 saturated heterocycles. The lowest BCUT2D eigenvalue weighted by Gasteiger charge is -2.39. The molecule has 17 heavy (non-hydrogen) atoms. The molecule has 1 aliphatic rings. The molecule has 1 atom stereocenters. The molecule has 1 aromatic rings. The van der Waals surface area contributed by atoms with Crippen LogP contribution in [0.3, 0.4) is 0 Å². The van der Waals surface area contributed by atoms with Crippen LogP contribution < -0.4 is 5.32 Å². The third-order valence-corrected chi connectivity index (χ3v) is 3.26. The van der Waals surface area contributed by atoms with Gasteiger partial charge in [0.2, 0.25) is 0 Å². The smallest absolute Gasteiger partial charge is 0.126 e. The molecular weight excluding hydrogens is 217 g/mol. The number of hydrogen-bond donors (Lipinski definition) is 1. The normalized spacial score (nSPS) is 19.7. The van der Waals surface area contributed by atoms with Crippen molar-refractivity contribution in [3.8, 4) is 0 Å². The van der Waals surface area contributed by atoms with E-state index in [1.54, 1.807) is 6.07 Å². The van der Waals surface area contributed by atoms with Gasteiger partial charge in [-0.25, -0.2) is 4.39 Å². The van der Waals surface area contributed by atoms with Crippen LogP contribution >= 0.6 is 0 Å². The predicted octanol–water partition coefficient (Wildman–Crippen LogP) is 2.38. The molecule has 0 radical (unpaired) electrons. The van der Waals surface area contributed by atoms with Crippen LogP contribution in [-0.4, -0.2) is 25.8 Å².